The van der Waals surface area contributed by atoms with Crippen molar-refractivity contribution in [2.75, 3.05) is 0 Å². The van der Waals surface area contributed by atoms with Gasteiger partial charge in [0.1, 0.15) is 0 Å². The van der Waals surface area contributed by atoms with E-state index in [9.17, 15) is 4.79 Å². The van der Waals surface area contributed by atoms with Crippen LogP contribution in [0, 0.1) is 5.92 Å². The molecule has 1 aliphatic rings. The Morgan fingerprint density at radius 3 is 2.36 bits per heavy atom. The molecule has 14 heavy (non-hydrogen) atoms. The van der Waals surface area contributed by atoms with Crippen molar-refractivity contribution in [3.63, 3.8) is 0 Å². The predicted octanol–water partition coefficient (Wildman–Crippen LogP) is 1.42. The van der Waals surface area contributed by atoms with Gasteiger partial charge in [-0.3, -0.25) is 4.79 Å². The van der Waals surface area contributed by atoms with Gasteiger partial charge < -0.3 is 11.1 Å². The highest BCUT2D eigenvalue weighted by Gasteiger charge is 2.31. The Hall–Kier alpha value is -0.570. The van der Waals surface area contributed by atoms with Crippen LogP contribution in [0.15, 0.2) is 0 Å². The predicted molar refractivity (Wildman–Crippen MR) is 57.8 cm³/mol. The molecular formula is C11H22N2O. The molecule has 0 saturated heterocycles. The first kappa shape index (κ1) is 11.5. The summed E-state index contributed by atoms with van der Waals surface area (Å²) in [5.41, 5.74) is 5.46. The molecule has 1 saturated carbocycles. The molecule has 82 valence electrons. The lowest BCUT2D eigenvalue weighted by Crippen LogP contribution is -2.51. The molecule has 0 bridgehead atoms. The standard InChI is InChI=1S/C11H22N2O/c1-11(2,3)13-9-7-5-4-6-8(9)10(12)14/h8-9,13H,4-7H2,1-3H3,(H2,12,14)/t8?,9-/m0/s1. The molecule has 0 aromatic heterocycles. The molecule has 1 rings (SSSR count). The van der Waals surface area contributed by atoms with Crippen LogP contribution in [0.1, 0.15) is 46.5 Å². The van der Waals surface area contributed by atoms with Crippen LogP contribution in [-0.2, 0) is 4.79 Å². The van der Waals surface area contributed by atoms with Crippen molar-refractivity contribution in [3.8, 4) is 0 Å². The molecule has 3 heteroatoms. The lowest BCUT2D eigenvalue weighted by atomic mass is 9.83. The van der Waals surface area contributed by atoms with E-state index in [1.807, 2.05) is 0 Å². The number of hydrogen-bond donors (Lipinski definition) is 2. The summed E-state index contributed by atoms with van der Waals surface area (Å²) in [4.78, 5) is 11.2. The van der Waals surface area contributed by atoms with Gasteiger partial charge >= 0.3 is 0 Å². The van der Waals surface area contributed by atoms with Crippen LogP contribution in [0.25, 0.3) is 0 Å². The zero-order valence-corrected chi connectivity index (χ0v) is 9.47. The van der Waals surface area contributed by atoms with E-state index in [-0.39, 0.29) is 23.4 Å². The van der Waals surface area contributed by atoms with Crippen molar-refractivity contribution in [2.24, 2.45) is 11.7 Å². The Morgan fingerprint density at radius 1 is 1.29 bits per heavy atom. The van der Waals surface area contributed by atoms with Crippen molar-refractivity contribution in [3.05, 3.63) is 0 Å². The number of nitrogens with two attached hydrogens (primary N) is 1. The van der Waals surface area contributed by atoms with Gasteiger partial charge in [-0.25, -0.2) is 0 Å². The topological polar surface area (TPSA) is 55.1 Å². The molecule has 0 radical (unpaired) electrons. The Balaban J connectivity index is 2.59. The largest absolute Gasteiger partial charge is 0.369 e. The molecule has 1 fully saturated rings. The second-order valence-corrected chi connectivity index (χ2v) is 5.29. The average Bonchev–Trinajstić information content (AvgIpc) is 2.01. The van der Waals surface area contributed by atoms with E-state index in [2.05, 4.69) is 26.1 Å². The Bertz CT molecular complexity index is 208. The van der Waals surface area contributed by atoms with E-state index in [0.29, 0.717) is 0 Å². The van der Waals surface area contributed by atoms with Crippen LogP contribution in [0.2, 0.25) is 0 Å². The first-order valence-corrected chi connectivity index (χ1v) is 5.47. The second-order valence-electron chi connectivity index (χ2n) is 5.29. The summed E-state index contributed by atoms with van der Waals surface area (Å²) in [6.45, 7) is 6.37. The van der Waals surface area contributed by atoms with Crippen molar-refractivity contribution in [1.82, 2.24) is 5.32 Å². The number of rotatable bonds is 2. The Kier molecular flexibility index (Phi) is 3.53. The van der Waals surface area contributed by atoms with E-state index in [4.69, 9.17) is 5.73 Å². The third-order valence-electron chi connectivity index (χ3n) is 2.75. The summed E-state index contributed by atoms with van der Waals surface area (Å²) in [7, 11) is 0. The van der Waals surface area contributed by atoms with Gasteiger partial charge in [-0.1, -0.05) is 12.8 Å². The number of amides is 1. The number of carbonyl (C=O) groups is 1. The molecule has 2 atom stereocenters. The van der Waals surface area contributed by atoms with Crippen LogP contribution in [0.5, 0.6) is 0 Å². The third kappa shape index (κ3) is 3.29. The van der Waals surface area contributed by atoms with Gasteiger partial charge in [0.2, 0.25) is 5.91 Å². The van der Waals surface area contributed by atoms with E-state index < -0.39 is 0 Å². The van der Waals surface area contributed by atoms with Gasteiger partial charge in [0.25, 0.3) is 0 Å². The lowest BCUT2D eigenvalue weighted by Gasteiger charge is -2.35. The quantitative estimate of drug-likeness (QED) is 0.705. The summed E-state index contributed by atoms with van der Waals surface area (Å²) in [6, 6.07) is 0.279. The molecule has 0 aliphatic heterocycles. The lowest BCUT2D eigenvalue weighted by molar-refractivity contribution is -0.123. The van der Waals surface area contributed by atoms with E-state index in [1.54, 1.807) is 0 Å². The van der Waals surface area contributed by atoms with Crippen molar-refractivity contribution >= 4 is 5.91 Å². The summed E-state index contributed by atoms with van der Waals surface area (Å²) in [6.07, 6.45) is 4.36. The molecule has 3 N–H and O–H groups in total. The zero-order valence-electron chi connectivity index (χ0n) is 9.47. The SMILES string of the molecule is CC(C)(C)N[C@H]1CCCCC1C(N)=O. The molecule has 1 amide bonds. The van der Waals surface area contributed by atoms with Gasteiger partial charge in [-0.2, -0.15) is 0 Å². The van der Waals surface area contributed by atoms with Gasteiger partial charge in [0.15, 0.2) is 0 Å². The number of carbonyl (C=O) groups excluding carboxylic acids is 1. The number of nitrogens with one attached hydrogen (secondary N) is 1. The van der Waals surface area contributed by atoms with E-state index in [0.717, 1.165) is 19.3 Å². The summed E-state index contributed by atoms with van der Waals surface area (Å²) in [5, 5.41) is 3.49. The minimum absolute atomic E-state index is 0.0305. The number of primary amides is 1. The highest BCUT2D eigenvalue weighted by atomic mass is 16.1. The molecule has 0 heterocycles. The Labute approximate surface area is 86.4 Å². The third-order valence-corrected chi connectivity index (χ3v) is 2.75. The minimum atomic E-state index is -0.147. The summed E-state index contributed by atoms with van der Waals surface area (Å²) in [5.74, 6) is -0.116. The first-order valence-electron chi connectivity index (χ1n) is 5.47. The summed E-state index contributed by atoms with van der Waals surface area (Å²) >= 11 is 0. The Morgan fingerprint density at radius 2 is 1.86 bits per heavy atom. The molecule has 3 nitrogen and oxygen atoms in total. The minimum Gasteiger partial charge on any atom is -0.369 e. The van der Waals surface area contributed by atoms with E-state index >= 15 is 0 Å². The van der Waals surface area contributed by atoms with E-state index in [1.165, 1.54) is 6.42 Å². The average molecular weight is 198 g/mol. The highest BCUT2D eigenvalue weighted by molar-refractivity contribution is 5.77. The monoisotopic (exact) mass is 198 g/mol. The molecular weight excluding hydrogens is 176 g/mol. The van der Waals surface area contributed by atoms with Crippen LogP contribution < -0.4 is 11.1 Å². The van der Waals surface area contributed by atoms with Crippen molar-refractivity contribution in [2.45, 2.75) is 58.0 Å². The molecule has 1 unspecified atom stereocenters. The van der Waals surface area contributed by atoms with Gasteiger partial charge in [-0.15, -0.1) is 0 Å². The van der Waals surface area contributed by atoms with Crippen LogP contribution >= 0.6 is 0 Å². The maximum Gasteiger partial charge on any atom is 0.222 e. The molecule has 0 aromatic rings. The molecule has 1 aliphatic carbocycles. The van der Waals surface area contributed by atoms with Crippen LogP contribution in [0.4, 0.5) is 0 Å². The van der Waals surface area contributed by atoms with Gasteiger partial charge in [-0.05, 0) is 33.6 Å². The smallest absolute Gasteiger partial charge is 0.222 e. The highest BCUT2D eigenvalue weighted by Crippen LogP contribution is 2.25. The fourth-order valence-electron chi connectivity index (χ4n) is 2.20. The van der Waals surface area contributed by atoms with Gasteiger partial charge in [0, 0.05) is 11.6 Å². The second kappa shape index (κ2) is 4.30. The fraction of sp³-hybridized carbons (Fsp3) is 0.909. The fourth-order valence-corrected chi connectivity index (χ4v) is 2.20. The summed E-state index contributed by atoms with van der Waals surface area (Å²) < 4.78 is 0. The van der Waals surface area contributed by atoms with Crippen molar-refractivity contribution in [1.29, 1.82) is 0 Å². The zero-order chi connectivity index (χ0) is 10.8. The molecule has 0 aromatic carbocycles. The maximum absolute atomic E-state index is 11.2. The van der Waals surface area contributed by atoms with Crippen LogP contribution in [0.3, 0.4) is 0 Å². The van der Waals surface area contributed by atoms with Gasteiger partial charge in [0.05, 0.1) is 5.92 Å². The van der Waals surface area contributed by atoms with Crippen LogP contribution in [-0.4, -0.2) is 17.5 Å². The maximum atomic E-state index is 11.2. The van der Waals surface area contributed by atoms with Crippen molar-refractivity contribution < 1.29 is 4.79 Å². The normalized spacial score (nSPS) is 28.8. The first-order chi connectivity index (χ1) is 6.40. The number of hydrogen-bond acceptors (Lipinski definition) is 2. The molecule has 0 spiro atoms.